The second kappa shape index (κ2) is 24.8. The summed E-state index contributed by atoms with van der Waals surface area (Å²) in [5, 5.41) is 4.20. The lowest BCUT2D eigenvalue weighted by Gasteiger charge is -2.30. The van der Waals surface area contributed by atoms with Gasteiger partial charge in [-0.3, -0.25) is 0 Å². The van der Waals surface area contributed by atoms with Gasteiger partial charge in [-0.15, -0.1) is 0 Å². The van der Waals surface area contributed by atoms with Crippen LogP contribution in [-0.4, -0.2) is 55.2 Å². The Labute approximate surface area is 223 Å². The van der Waals surface area contributed by atoms with Gasteiger partial charge in [-0.1, -0.05) is 97.8 Å². The van der Waals surface area contributed by atoms with Crippen molar-refractivity contribution < 1.29 is 13.3 Å². The molecule has 0 saturated heterocycles. The second-order valence-corrected chi connectivity index (χ2v) is 17.6. The van der Waals surface area contributed by atoms with Crippen molar-refractivity contribution >= 4 is 16.2 Å². The van der Waals surface area contributed by atoms with Crippen molar-refractivity contribution in [2.24, 2.45) is 0 Å². The average Bonchev–Trinajstić information content (AvgIpc) is 2.88. The molecule has 0 spiro atoms. The maximum atomic E-state index is 5.73. The van der Waals surface area contributed by atoms with Gasteiger partial charge in [0.25, 0.3) is 0 Å². The molecule has 0 bridgehead atoms. The summed E-state index contributed by atoms with van der Waals surface area (Å²) in [4.78, 5) is 0. The van der Waals surface area contributed by atoms with Gasteiger partial charge in [0.05, 0.1) is 25.9 Å². The highest BCUT2D eigenvalue weighted by atomic mass is 31.2. The Morgan fingerprint density at radius 2 is 0.800 bits per heavy atom. The SMILES string of the molecule is CCCCCCCC[P+](CCCCCCCC)(CCCCCCCC)NCC[Si](OC)(OC)OC. The molecule has 6 heteroatoms. The quantitative estimate of drug-likeness (QED) is 0.0616. The van der Waals surface area contributed by atoms with Crippen LogP contribution in [0.4, 0.5) is 0 Å². The molecule has 1 N–H and O–H groups in total. The largest absolute Gasteiger partial charge is 0.501 e. The summed E-state index contributed by atoms with van der Waals surface area (Å²) in [6.45, 7) is 7.90. The topological polar surface area (TPSA) is 39.7 Å². The third-order valence-electron chi connectivity index (χ3n) is 7.63. The highest BCUT2D eigenvalue weighted by Crippen LogP contribution is 2.57. The van der Waals surface area contributed by atoms with Crippen molar-refractivity contribution in [2.45, 2.75) is 142 Å². The maximum absolute atomic E-state index is 5.73. The van der Waals surface area contributed by atoms with Gasteiger partial charge < -0.3 is 13.3 Å². The summed E-state index contributed by atoms with van der Waals surface area (Å²) >= 11 is 0. The third kappa shape index (κ3) is 18.4. The van der Waals surface area contributed by atoms with Crippen LogP contribution in [0, 0.1) is 0 Å². The Bertz CT molecular complexity index is 389. The molecule has 0 aromatic carbocycles. The minimum atomic E-state index is -2.52. The van der Waals surface area contributed by atoms with E-state index in [9.17, 15) is 0 Å². The molecule has 0 rings (SSSR count). The van der Waals surface area contributed by atoms with E-state index in [1.807, 2.05) is 0 Å². The van der Waals surface area contributed by atoms with Crippen molar-refractivity contribution in [1.29, 1.82) is 0 Å². The van der Waals surface area contributed by atoms with Crippen molar-refractivity contribution in [2.75, 3.05) is 46.4 Å². The standard InChI is InChI=1S/C29H65NO3PSi/c1-7-10-13-16-19-22-26-34(27-23-20-17-14-11-8-2,28-24-21-18-15-12-9-3)30-25-29-35(31-4,32-5)33-6/h30H,7-29H2,1-6H3/q+1. The van der Waals surface area contributed by atoms with Crippen LogP contribution in [-0.2, 0) is 13.3 Å². The summed E-state index contributed by atoms with van der Waals surface area (Å²) < 4.78 is 17.2. The summed E-state index contributed by atoms with van der Waals surface area (Å²) in [5.41, 5.74) is 0. The molecule has 0 radical (unpaired) electrons. The zero-order valence-corrected chi connectivity index (χ0v) is 26.8. The Balaban J connectivity index is 5.11. The van der Waals surface area contributed by atoms with Gasteiger partial charge >= 0.3 is 8.80 Å². The van der Waals surface area contributed by atoms with Crippen LogP contribution in [0.3, 0.4) is 0 Å². The summed E-state index contributed by atoms with van der Waals surface area (Å²) in [6.07, 6.45) is 29.3. The Morgan fingerprint density at radius 3 is 1.11 bits per heavy atom. The molecular formula is C29H65NO3PSi+. The van der Waals surface area contributed by atoms with Crippen LogP contribution in [0.25, 0.3) is 0 Å². The summed E-state index contributed by atoms with van der Waals surface area (Å²) in [6, 6.07) is 0.863. The molecule has 212 valence electrons. The predicted octanol–water partition coefficient (Wildman–Crippen LogP) is 9.47. The fourth-order valence-electron chi connectivity index (χ4n) is 5.16. The molecule has 0 aromatic rings. The first-order chi connectivity index (χ1) is 17.1. The molecular weight excluding hydrogens is 469 g/mol. The van der Waals surface area contributed by atoms with E-state index >= 15 is 0 Å². The van der Waals surface area contributed by atoms with E-state index in [4.69, 9.17) is 13.3 Å². The molecule has 0 atom stereocenters. The zero-order valence-electron chi connectivity index (χ0n) is 24.9. The van der Waals surface area contributed by atoms with Crippen LogP contribution < -0.4 is 5.09 Å². The molecule has 0 aliphatic heterocycles. The van der Waals surface area contributed by atoms with Gasteiger partial charge in [0.15, 0.2) is 0 Å². The van der Waals surface area contributed by atoms with Crippen molar-refractivity contribution in [3.63, 3.8) is 0 Å². The van der Waals surface area contributed by atoms with E-state index in [1.165, 1.54) is 134 Å². The van der Waals surface area contributed by atoms with Crippen LogP contribution in [0.15, 0.2) is 0 Å². The van der Waals surface area contributed by atoms with Crippen LogP contribution in [0.2, 0.25) is 6.04 Å². The van der Waals surface area contributed by atoms with Crippen LogP contribution in [0.1, 0.15) is 136 Å². The first-order valence-electron chi connectivity index (χ1n) is 15.3. The average molecular weight is 535 g/mol. The third-order valence-corrected chi connectivity index (χ3v) is 14.8. The summed E-state index contributed by atoms with van der Waals surface area (Å²) in [7, 11) is 1.53. The van der Waals surface area contributed by atoms with Gasteiger partial charge in [-0.25, -0.2) is 0 Å². The highest BCUT2D eigenvalue weighted by molar-refractivity contribution is 7.74. The van der Waals surface area contributed by atoms with E-state index in [-0.39, 0.29) is 0 Å². The Hall–Kier alpha value is 0.487. The minimum absolute atomic E-state index is 0.863. The van der Waals surface area contributed by atoms with E-state index < -0.39 is 16.2 Å². The minimum Gasteiger partial charge on any atom is -0.377 e. The predicted molar refractivity (Wildman–Crippen MR) is 161 cm³/mol. The van der Waals surface area contributed by atoms with Gasteiger partial charge in [-0.2, -0.15) is 5.09 Å². The molecule has 0 aliphatic rings. The lowest BCUT2D eigenvalue weighted by atomic mass is 10.1. The number of unbranched alkanes of at least 4 members (excludes halogenated alkanes) is 15. The van der Waals surface area contributed by atoms with Gasteiger partial charge in [-0.05, 0) is 38.5 Å². The second-order valence-electron chi connectivity index (χ2n) is 10.6. The van der Waals surface area contributed by atoms with Gasteiger partial charge in [0, 0.05) is 33.9 Å². The molecule has 0 unspecified atom stereocenters. The summed E-state index contributed by atoms with van der Waals surface area (Å²) in [5.74, 6) is 0. The van der Waals surface area contributed by atoms with Crippen LogP contribution in [0.5, 0.6) is 0 Å². The smallest absolute Gasteiger partial charge is 0.377 e. The highest BCUT2D eigenvalue weighted by Gasteiger charge is 2.41. The monoisotopic (exact) mass is 534 g/mol. The van der Waals surface area contributed by atoms with Crippen molar-refractivity contribution in [1.82, 2.24) is 5.09 Å². The molecule has 0 aromatic heterocycles. The molecule has 0 saturated carbocycles. The number of nitrogens with one attached hydrogen (secondary N) is 1. The molecule has 35 heavy (non-hydrogen) atoms. The number of hydrogen-bond donors (Lipinski definition) is 1. The lowest BCUT2D eigenvalue weighted by Crippen LogP contribution is -2.45. The molecule has 4 nitrogen and oxygen atoms in total. The first-order valence-corrected chi connectivity index (χ1v) is 19.6. The Kier molecular flexibility index (Phi) is 25.1. The first kappa shape index (κ1) is 35.5. The zero-order chi connectivity index (χ0) is 26.1. The van der Waals surface area contributed by atoms with E-state index in [1.54, 1.807) is 21.3 Å². The molecule has 0 fully saturated rings. The number of rotatable bonds is 28. The van der Waals surface area contributed by atoms with Gasteiger partial charge in [0.1, 0.15) is 0 Å². The molecule has 0 aliphatic carbocycles. The molecule has 0 heterocycles. The van der Waals surface area contributed by atoms with Gasteiger partial charge in [0.2, 0.25) is 0 Å². The molecule has 0 amide bonds. The van der Waals surface area contributed by atoms with Crippen molar-refractivity contribution in [3.8, 4) is 0 Å². The number of hydrogen-bond acceptors (Lipinski definition) is 4. The van der Waals surface area contributed by atoms with Crippen molar-refractivity contribution in [3.05, 3.63) is 0 Å². The van der Waals surface area contributed by atoms with Crippen LogP contribution >= 0.6 is 7.41 Å². The van der Waals surface area contributed by atoms with E-state index in [0.717, 1.165) is 12.6 Å². The normalized spacial score (nSPS) is 12.5. The fraction of sp³-hybridized carbons (Fsp3) is 1.00. The van der Waals surface area contributed by atoms with E-state index in [0.29, 0.717) is 0 Å². The fourth-order valence-corrected chi connectivity index (χ4v) is 11.1. The Morgan fingerprint density at radius 1 is 0.486 bits per heavy atom. The maximum Gasteiger partial charge on any atom is 0.501 e. The lowest BCUT2D eigenvalue weighted by molar-refractivity contribution is 0.124. The van der Waals surface area contributed by atoms with E-state index in [2.05, 4.69) is 25.9 Å².